The lowest BCUT2D eigenvalue weighted by Gasteiger charge is -2.21. The Hall–Kier alpha value is -1.48. The number of urea groups is 1. The van der Waals surface area contributed by atoms with Gasteiger partial charge in [-0.2, -0.15) is 11.8 Å². The van der Waals surface area contributed by atoms with Crippen LogP contribution in [0.2, 0.25) is 0 Å². The number of hydrogen-bond acceptors (Lipinski definition) is 5. The van der Waals surface area contributed by atoms with Crippen molar-refractivity contribution in [3.8, 4) is 0 Å². The first kappa shape index (κ1) is 21.8. The van der Waals surface area contributed by atoms with Crippen LogP contribution in [0.1, 0.15) is 58.8 Å². The average Bonchev–Trinajstić information content (AvgIpc) is 3.17. The number of thioether (sulfide) groups is 1. The van der Waals surface area contributed by atoms with E-state index >= 15 is 0 Å². The number of carbonyl (C=O) groups is 3. The van der Waals surface area contributed by atoms with Gasteiger partial charge in [0.15, 0.2) is 0 Å². The standard InChI is InChI=1S/C18H33N5O3S/c1-18(2,16(25)23-19)9-5-6-10-20-14(24)8-4-3-7-13-15-12(11-27-13)21-17(26)22-15/h12-13,15H,3-11,19H2,1-2H3,(H,20,24)(H,23,25)(H2,21,22,26)/t12-,13-,15-/m0/s1. The van der Waals surface area contributed by atoms with Gasteiger partial charge in [0.1, 0.15) is 0 Å². The molecule has 6 N–H and O–H groups in total. The van der Waals surface area contributed by atoms with E-state index in [0.717, 1.165) is 44.3 Å². The number of hydrogen-bond donors (Lipinski definition) is 5. The first-order chi connectivity index (χ1) is 12.8. The summed E-state index contributed by atoms with van der Waals surface area (Å²) in [6.07, 6.45) is 5.87. The van der Waals surface area contributed by atoms with Crippen molar-refractivity contribution in [2.45, 2.75) is 76.1 Å². The molecular formula is C18H33N5O3S. The van der Waals surface area contributed by atoms with Gasteiger partial charge in [-0.05, 0) is 25.7 Å². The van der Waals surface area contributed by atoms with Crippen LogP contribution in [0, 0.1) is 5.41 Å². The molecule has 2 fully saturated rings. The molecule has 3 atom stereocenters. The Bertz CT molecular complexity index is 543. The second-order valence-corrected chi connectivity index (χ2v) is 9.30. The Morgan fingerprint density at radius 1 is 1.22 bits per heavy atom. The van der Waals surface area contributed by atoms with Gasteiger partial charge in [0.05, 0.1) is 12.1 Å². The lowest BCUT2D eigenvalue weighted by atomic mass is 9.86. The molecule has 9 heteroatoms. The average molecular weight is 400 g/mol. The summed E-state index contributed by atoms with van der Waals surface area (Å²) in [7, 11) is 0. The molecule has 154 valence electrons. The molecule has 0 radical (unpaired) electrons. The molecule has 2 aliphatic rings. The van der Waals surface area contributed by atoms with Gasteiger partial charge in [0.2, 0.25) is 11.8 Å². The van der Waals surface area contributed by atoms with E-state index in [1.165, 1.54) is 0 Å². The molecule has 0 aromatic carbocycles. The quantitative estimate of drug-likeness (QED) is 0.117. The second-order valence-electron chi connectivity index (χ2n) is 8.03. The van der Waals surface area contributed by atoms with Crippen LogP contribution in [0.4, 0.5) is 4.79 Å². The van der Waals surface area contributed by atoms with Crippen molar-refractivity contribution in [3.63, 3.8) is 0 Å². The smallest absolute Gasteiger partial charge is 0.315 e. The Morgan fingerprint density at radius 2 is 2.00 bits per heavy atom. The minimum atomic E-state index is -0.482. The summed E-state index contributed by atoms with van der Waals surface area (Å²) in [5.74, 6) is 6.07. The van der Waals surface area contributed by atoms with Crippen molar-refractivity contribution in [2.24, 2.45) is 11.3 Å². The van der Waals surface area contributed by atoms with Crippen molar-refractivity contribution in [2.75, 3.05) is 12.3 Å². The Balaban J connectivity index is 1.48. The third-order valence-corrected chi connectivity index (χ3v) is 6.89. The Morgan fingerprint density at radius 3 is 2.74 bits per heavy atom. The fourth-order valence-corrected chi connectivity index (χ4v) is 5.13. The number of hydrazine groups is 1. The summed E-state index contributed by atoms with van der Waals surface area (Å²) in [6, 6.07) is 0.445. The van der Waals surface area contributed by atoms with E-state index < -0.39 is 5.41 Å². The van der Waals surface area contributed by atoms with Crippen molar-refractivity contribution in [3.05, 3.63) is 0 Å². The van der Waals surface area contributed by atoms with Gasteiger partial charge in [0.25, 0.3) is 0 Å². The van der Waals surface area contributed by atoms with Gasteiger partial charge in [-0.15, -0.1) is 0 Å². The molecule has 8 nitrogen and oxygen atoms in total. The van der Waals surface area contributed by atoms with Crippen LogP contribution in [-0.2, 0) is 9.59 Å². The number of nitrogens with one attached hydrogen (secondary N) is 4. The zero-order valence-corrected chi connectivity index (χ0v) is 17.1. The molecule has 2 rings (SSSR count). The molecule has 0 saturated carbocycles. The number of rotatable bonds is 11. The van der Waals surface area contributed by atoms with Crippen molar-refractivity contribution < 1.29 is 14.4 Å². The van der Waals surface area contributed by atoms with E-state index in [4.69, 9.17) is 5.84 Å². The van der Waals surface area contributed by atoms with Crippen LogP contribution in [-0.4, -0.2) is 47.5 Å². The molecule has 2 aliphatic heterocycles. The second kappa shape index (κ2) is 10.2. The maximum atomic E-state index is 11.9. The highest BCUT2D eigenvalue weighted by atomic mass is 32.2. The third-order valence-electron chi connectivity index (χ3n) is 5.38. The Labute approximate surface area is 165 Å². The van der Waals surface area contributed by atoms with E-state index in [2.05, 4.69) is 21.4 Å². The monoisotopic (exact) mass is 399 g/mol. The highest BCUT2D eigenvalue weighted by molar-refractivity contribution is 8.00. The topological polar surface area (TPSA) is 125 Å². The largest absolute Gasteiger partial charge is 0.356 e. The summed E-state index contributed by atoms with van der Waals surface area (Å²) in [4.78, 5) is 34.9. The van der Waals surface area contributed by atoms with Gasteiger partial charge in [-0.1, -0.05) is 26.7 Å². The van der Waals surface area contributed by atoms with Gasteiger partial charge in [-0.3, -0.25) is 15.0 Å². The highest BCUT2D eigenvalue weighted by Gasteiger charge is 2.42. The lowest BCUT2D eigenvalue weighted by Crippen LogP contribution is -2.41. The van der Waals surface area contributed by atoms with Crippen LogP contribution in [0.5, 0.6) is 0 Å². The molecule has 4 amide bonds. The van der Waals surface area contributed by atoms with Crippen molar-refractivity contribution >= 4 is 29.6 Å². The number of unbranched alkanes of at least 4 members (excludes halogenated alkanes) is 2. The van der Waals surface area contributed by atoms with Gasteiger partial charge in [-0.25, -0.2) is 10.6 Å². The maximum absolute atomic E-state index is 11.9. The molecule has 0 spiro atoms. The summed E-state index contributed by atoms with van der Waals surface area (Å²) < 4.78 is 0. The fourth-order valence-electron chi connectivity index (χ4n) is 3.59. The molecule has 0 bridgehead atoms. The van der Waals surface area contributed by atoms with E-state index in [9.17, 15) is 14.4 Å². The van der Waals surface area contributed by atoms with Crippen molar-refractivity contribution in [1.29, 1.82) is 0 Å². The number of nitrogens with two attached hydrogens (primary N) is 1. The third kappa shape index (κ3) is 6.57. The summed E-state index contributed by atoms with van der Waals surface area (Å²) in [5.41, 5.74) is 1.71. The molecule has 27 heavy (non-hydrogen) atoms. The van der Waals surface area contributed by atoms with Crippen LogP contribution >= 0.6 is 11.8 Å². The van der Waals surface area contributed by atoms with Crippen LogP contribution < -0.4 is 27.2 Å². The molecular weight excluding hydrogens is 366 g/mol. The van der Waals surface area contributed by atoms with Gasteiger partial charge in [0, 0.05) is 29.4 Å². The van der Waals surface area contributed by atoms with E-state index in [0.29, 0.717) is 18.2 Å². The first-order valence-electron chi connectivity index (χ1n) is 9.80. The van der Waals surface area contributed by atoms with Gasteiger partial charge < -0.3 is 16.0 Å². The normalized spacial score (nSPS) is 24.1. The first-order valence-corrected chi connectivity index (χ1v) is 10.8. The molecule has 0 aliphatic carbocycles. The Kier molecular flexibility index (Phi) is 8.22. The summed E-state index contributed by atoms with van der Waals surface area (Å²) >= 11 is 1.91. The van der Waals surface area contributed by atoms with E-state index in [1.54, 1.807) is 0 Å². The van der Waals surface area contributed by atoms with Crippen LogP contribution in [0.25, 0.3) is 0 Å². The predicted octanol–water partition coefficient (Wildman–Crippen LogP) is 1.01. The fraction of sp³-hybridized carbons (Fsp3) is 0.833. The lowest BCUT2D eigenvalue weighted by molar-refractivity contribution is -0.129. The summed E-state index contributed by atoms with van der Waals surface area (Å²) in [5, 5.41) is 9.33. The van der Waals surface area contributed by atoms with E-state index in [-0.39, 0.29) is 29.9 Å². The SMILES string of the molecule is CC(C)(CCCCNC(=O)CCCC[C@@H]1SC[C@@H]2NC(=O)N[C@@H]21)C(=O)NN. The number of carbonyl (C=O) groups excluding carboxylic acids is 3. The maximum Gasteiger partial charge on any atom is 0.315 e. The van der Waals surface area contributed by atoms with Gasteiger partial charge >= 0.3 is 6.03 Å². The number of fused-ring (bicyclic) bond motifs is 1. The minimum absolute atomic E-state index is 0.0540. The number of amides is 4. The predicted molar refractivity (Wildman–Crippen MR) is 107 cm³/mol. The highest BCUT2D eigenvalue weighted by Crippen LogP contribution is 2.33. The summed E-state index contributed by atoms with van der Waals surface area (Å²) in [6.45, 7) is 4.37. The molecule has 0 unspecified atom stereocenters. The molecule has 2 heterocycles. The van der Waals surface area contributed by atoms with Crippen LogP contribution in [0.3, 0.4) is 0 Å². The van der Waals surface area contributed by atoms with E-state index in [1.807, 2.05) is 25.6 Å². The zero-order chi connectivity index (χ0) is 19.9. The minimum Gasteiger partial charge on any atom is -0.356 e. The molecule has 2 saturated heterocycles. The zero-order valence-electron chi connectivity index (χ0n) is 16.3. The van der Waals surface area contributed by atoms with Crippen molar-refractivity contribution in [1.82, 2.24) is 21.4 Å². The van der Waals surface area contributed by atoms with Crippen LogP contribution in [0.15, 0.2) is 0 Å². The molecule has 0 aromatic heterocycles. The molecule has 0 aromatic rings.